The first kappa shape index (κ1) is 49.1. The number of nitrogens with zero attached hydrogens (tertiary/aromatic N) is 2. The quantitative estimate of drug-likeness (QED) is 0.0508. The fraction of sp³-hybridized carbons (Fsp3) is 0.347. The minimum atomic E-state index is -0.674. The number of halogens is 2. The zero-order valence-corrected chi connectivity index (χ0v) is 38.6. The van der Waals surface area contributed by atoms with Crippen molar-refractivity contribution >= 4 is 69.6 Å². The second kappa shape index (κ2) is 24.8. The Balaban J connectivity index is 0.807. The van der Waals surface area contributed by atoms with Crippen LogP contribution in [0.15, 0.2) is 112 Å². The fourth-order valence-electron chi connectivity index (χ4n) is 7.43. The van der Waals surface area contributed by atoms with Crippen LogP contribution >= 0.6 is 35.0 Å². The molecule has 0 saturated carbocycles. The molecule has 0 fully saturated rings. The summed E-state index contributed by atoms with van der Waals surface area (Å²) in [7, 11) is 1.81. The van der Waals surface area contributed by atoms with Crippen LogP contribution in [0, 0.1) is 0 Å². The number of fused-ring (bicyclic) bond motifs is 1. The summed E-state index contributed by atoms with van der Waals surface area (Å²) >= 11 is 13.6. The molecule has 4 aromatic rings. The van der Waals surface area contributed by atoms with Gasteiger partial charge < -0.3 is 44.1 Å². The number of phenols is 1. The number of hydrogen-bond acceptors (Lipinski definition) is 12. The molecule has 2 atom stereocenters. The van der Waals surface area contributed by atoms with Crippen LogP contribution < -0.4 is 10.1 Å². The van der Waals surface area contributed by atoms with E-state index in [1.54, 1.807) is 49.2 Å². The first-order valence-electron chi connectivity index (χ1n) is 21.4. The van der Waals surface area contributed by atoms with Gasteiger partial charge in [0.2, 0.25) is 11.8 Å². The predicted molar refractivity (Wildman–Crippen MR) is 253 cm³/mol. The van der Waals surface area contributed by atoms with Crippen LogP contribution in [0.2, 0.25) is 10.0 Å². The van der Waals surface area contributed by atoms with Crippen LogP contribution in [0.25, 0.3) is 6.08 Å². The maximum atomic E-state index is 13.2. The number of aliphatic hydroxyl groups is 1. The summed E-state index contributed by atoms with van der Waals surface area (Å²) in [5.41, 5.74) is 4.54. The Morgan fingerprint density at radius 2 is 1.51 bits per heavy atom. The molecule has 1 aliphatic carbocycles. The van der Waals surface area contributed by atoms with Crippen LogP contribution in [0.3, 0.4) is 0 Å². The van der Waals surface area contributed by atoms with Gasteiger partial charge in [-0.05, 0) is 84.5 Å². The molecule has 1 heterocycles. The monoisotopic (exact) mass is 945 g/mol. The van der Waals surface area contributed by atoms with Crippen molar-refractivity contribution in [3.8, 4) is 11.5 Å². The highest BCUT2D eigenvalue weighted by atomic mass is 35.5. The van der Waals surface area contributed by atoms with E-state index < -0.39 is 5.97 Å². The Morgan fingerprint density at radius 3 is 2.22 bits per heavy atom. The van der Waals surface area contributed by atoms with E-state index in [2.05, 4.69) is 22.4 Å². The number of hydrogen-bond donors (Lipinski definition) is 3. The summed E-state index contributed by atoms with van der Waals surface area (Å²) in [6.45, 7) is 4.26. The molecule has 0 spiro atoms. The number of para-hydroxylation sites is 1. The molecule has 0 bridgehead atoms. The first-order chi connectivity index (χ1) is 31.5. The summed E-state index contributed by atoms with van der Waals surface area (Å²) in [5.74, 6) is -0.911. The number of amides is 2. The number of benzene rings is 4. The number of esters is 1. The lowest BCUT2D eigenvalue weighted by molar-refractivity contribution is -0.138. The van der Waals surface area contributed by atoms with Crippen molar-refractivity contribution in [2.24, 2.45) is 4.99 Å². The topological polar surface area (TPSA) is 165 Å². The minimum Gasteiger partial charge on any atom is -0.506 e. The molecule has 65 heavy (non-hydrogen) atoms. The van der Waals surface area contributed by atoms with Gasteiger partial charge in [-0.15, -0.1) is 0 Å². The molecule has 2 aliphatic rings. The lowest BCUT2D eigenvalue weighted by Gasteiger charge is -2.37. The van der Waals surface area contributed by atoms with E-state index in [-0.39, 0.29) is 79.3 Å². The number of ether oxygens (including phenoxy) is 5. The number of aromatic hydroxyl groups is 1. The van der Waals surface area contributed by atoms with Crippen molar-refractivity contribution in [3.63, 3.8) is 0 Å². The standard InChI is InChI=1S/C49H53Cl2N3O10S/c1-3-63-49(59)46-47(58)43(65-48(46)53-34-9-5-4-6-10-34)30-32-13-18-42(41(55)29-32)64-28-27-62-26-25-61-24-23-60-22-21-52-44(56)19-20-45(57)54(2)40-17-15-35(36-11-7-8-12-37(36)40)33-14-16-38(50)39(51)31-33/h4-14,16,18,29-31,35,40,55,58H,3,15,17,19-28H2,1-2H3,(H,52,56)/b43-30-,53-48?/t35-,40-/m0/s1. The van der Waals surface area contributed by atoms with Gasteiger partial charge in [-0.3, -0.25) is 9.59 Å². The number of aliphatic hydroxyl groups excluding tert-OH is 1. The fourth-order valence-corrected chi connectivity index (χ4v) is 8.77. The average Bonchev–Trinajstić information content (AvgIpc) is 3.61. The lowest BCUT2D eigenvalue weighted by atomic mass is 9.76. The molecule has 1 aliphatic heterocycles. The van der Waals surface area contributed by atoms with Gasteiger partial charge in [0.25, 0.3) is 0 Å². The molecular formula is C49H53Cl2N3O10S. The third kappa shape index (κ3) is 13.8. The van der Waals surface area contributed by atoms with E-state index in [1.807, 2.05) is 48.5 Å². The molecular weight excluding hydrogens is 894 g/mol. The van der Waals surface area contributed by atoms with Crippen LogP contribution in [0.1, 0.15) is 66.8 Å². The maximum absolute atomic E-state index is 13.2. The molecule has 16 heteroatoms. The predicted octanol–water partition coefficient (Wildman–Crippen LogP) is 9.34. The van der Waals surface area contributed by atoms with Gasteiger partial charge in [-0.25, -0.2) is 9.79 Å². The maximum Gasteiger partial charge on any atom is 0.344 e. The van der Waals surface area contributed by atoms with Crippen LogP contribution in [-0.4, -0.2) is 104 Å². The van der Waals surface area contributed by atoms with Crippen LogP contribution in [-0.2, 0) is 33.3 Å². The first-order valence-corrected chi connectivity index (χ1v) is 23.0. The van der Waals surface area contributed by atoms with Gasteiger partial charge in [-0.1, -0.05) is 89.6 Å². The summed E-state index contributed by atoms with van der Waals surface area (Å²) in [4.78, 5) is 45.1. The number of nitrogens with one attached hydrogen (secondary N) is 1. The molecule has 4 aromatic carbocycles. The number of carbonyl (C=O) groups is 3. The lowest BCUT2D eigenvalue weighted by Crippen LogP contribution is -2.35. The zero-order valence-electron chi connectivity index (χ0n) is 36.3. The van der Waals surface area contributed by atoms with Gasteiger partial charge in [-0.2, -0.15) is 0 Å². The number of carbonyl (C=O) groups excluding carboxylic acids is 3. The molecule has 3 N–H and O–H groups in total. The molecule has 0 saturated heterocycles. The van der Waals surface area contributed by atoms with Gasteiger partial charge in [0.1, 0.15) is 23.0 Å². The van der Waals surface area contributed by atoms with E-state index in [0.29, 0.717) is 70.8 Å². The normalized spacial score (nSPS) is 17.0. The molecule has 344 valence electrons. The highest BCUT2D eigenvalue weighted by Gasteiger charge is 2.34. The van der Waals surface area contributed by atoms with Gasteiger partial charge >= 0.3 is 5.97 Å². The molecule has 0 aromatic heterocycles. The SMILES string of the molecule is CCOC(=O)C1=C(O)/C(=C/c2ccc(OCCOCCOCCOCCNC(=O)CCC(=O)N(C)[C@H]3CC[C@@H](c4ccc(Cl)c(Cl)c4)c4ccccc43)c(O)c2)SC1=Nc1ccccc1. The van der Waals surface area contributed by atoms with Gasteiger partial charge in [0.05, 0.1) is 72.9 Å². The van der Waals surface area contributed by atoms with Crippen molar-refractivity contribution in [1.29, 1.82) is 0 Å². The number of aliphatic imine (C=N–C) groups is 1. The molecule has 13 nitrogen and oxygen atoms in total. The Kier molecular flexibility index (Phi) is 18.7. The van der Waals surface area contributed by atoms with Crippen LogP contribution in [0.4, 0.5) is 5.69 Å². The zero-order chi connectivity index (χ0) is 46.1. The molecule has 0 radical (unpaired) electrons. The summed E-state index contributed by atoms with van der Waals surface area (Å²) < 4.78 is 27.5. The Hall–Kier alpha value is -5.35. The minimum absolute atomic E-state index is 0.0143. The number of rotatable bonds is 22. The van der Waals surface area contributed by atoms with Gasteiger partial charge in [0.15, 0.2) is 11.5 Å². The summed E-state index contributed by atoms with van der Waals surface area (Å²) in [5, 5.41) is 25.7. The van der Waals surface area contributed by atoms with E-state index in [9.17, 15) is 24.6 Å². The van der Waals surface area contributed by atoms with E-state index in [0.717, 1.165) is 35.7 Å². The Morgan fingerprint density at radius 1 is 0.815 bits per heavy atom. The molecule has 2 amide bonds. The summed E-state index contributed by atoms with van der Waals surface area (Å²) in [6, 6.07) is 27.7. The highest BCUT2D eigenvalue weighted by Crippen LogP contribution is 2.45. The molecule has 6 rings (SSSR count). The smallest absolute Gasteiger partial charge is 0.344 e. The van der Waals surface area contributed by atoms with E-state index in [4.69, 9.17) is 46.9 Å². The van der Waals surface area contributed by atoms with Gasteiger partial charge in [0, 0.05) is 32.4 Å². The van der Waals surface area contributed by atoms with E-state index in [1.165, 1.54) is 11.6 Å². The molecule has 0 unspecified atom stereocenters. The van der Waals surface area contributed by atoms with Crippen molar-refractivity contribution in [3.05, 3.63) is 140 Å². The van der Waals surface area contributed by atoms with Crippen molar-refractivity contribution in [2.75, 3.05) is 66.4 Å². The van der Waals surface area contributed by atoms with Crippen molar-refractivity contribution in [2.45, 2.75) is 44.6 Å². The number of phenolic OH excluding ortho intramolecular Hbond substituents is 1. The van der Waals surface area contributed by atoms with Crippen molar-refractivity contribution < 1.29 is 48.3 Å². The van der Waals surface area contributed by atoms with Crippen molar-refractivity contribution in [1.82, 2.24) is 10.2 Å². The Bertz CT molecular complexity index is 2380. The Labute approximate surface area is 393 Å². The number of thioether (sulfide) groups is 1. The summed E-state index contributed by atoms with van der Waals surface area (Å²) in [6.07, 6.45) is 3.47. The average molecular weight is 947 g/mol. The highest BCUT2D eigenvalue weighted by molar-refractivity contribution is 8.18. The third-order valence-electron chi connectivity index (χ3n) is 10.7. The van der Waals surface area contributed by atoms with Crippen LogP contribution in [0.5, 0.6) is 11.5 Å². The third-order valence-corrected chi connectivity index (χ3v) is 12.4. The van der Waals surface area contributed by atoms with E-state index >= 15 is 0 Å². The second-order valence-corrected chi connectivity index (χ2v) is 16.9. The largest absolute Gasteiger partial charge is 0.506 e. The second-order valence-electron chi connectivity index (χ2n) is 15.0.